The summed E-state index contributed by atoms with van der Waals surface area (Å²) in [4.78, 5) is 13.0. The molecule has 0 N–H and O–H groups in total. The van der Waals surface area contributed by atoms with Crippen molar-refractivity contribution < 1.29 is 9.78 Å². The number of rotatable bonds is 23. The van der Waals surface area contributed by atoms with Crippen LogP contribution in [0.5, 0.6) is 0 Å². The molecule has 0 saturated heterocycles. The van der Waals surface area contributed by atoms with Crippen molar-refractivity contribution in [2.45, 2.75) is 154 Å². The van der Waals surface area contributed by atoms with Crippen LogP contribution in [0, 0.1) is 0 Å². The highest BCUT2D eigenvalue weighted by Crippen LogP contribution is 2.38. The van der Waals surface area contributed by atoms with Crippen LogP contribution < -0.4 is 0 Å². The fraction of sp³-hybridized carbons (Fsp3) is 0.667. The van der Waals surface area contributed by atoms with Crippen LogP contribution in [0.4, 0.5) is 0 Å². The van der Waals surface area contributed by atoms with Gasteiger partial charge >= 0.3 is 0 Å². The molecule has 2 aromatic rings. The van der Waals surface area contributed by atoms with E-state index in [0.29, 0.717) is 0 Å². The first kappa shape index (κ1) is 32.6. The van der Waals surface area contributed by atoms with Gasteiger partial charge in [-0.1, -0.05) is 177 Å². The second-order valence-electron chi connectivity index (χ2n) is 11.8. The van der Waals surface area contributed by atoms with Crippen LogP contribution in [0.3, 0.4) is 0 Å². The molecule has 2 unspecified atom stereocenters. The van der Waals surface area contributed by atoms with Crippen LogP contribution in [0.15, 0.2) is 60.7 Å². The molecular weight excluding hydrogens is 464 g/mol. The van der Waals surface area contributed by atoms with E-state index in [9.17, 15) is 0 Å². The van der Waals surface area contributed by atoms with Gasteiger partial charge < -0.3 is 0 Å². The smallest absolute Gasteiger partial charge is 0.126 e. The van der Waals surface area contributed by atoms with Crippen molar-refractivity contribution in [2.24, 2.45) is 0 Å². The summed E-state index contributed by atoms with van der Waals surface area (Å²) in [6, 6.07) is 21.4. The van der Waals surface area contributed by atoms with E-state index in [1.807, 2.05) is 0 Å². The van der Waals surface area contributed by atoms with Crippen LogP contribution in [0.2, 0.25) is 0 Å². The predicted octanol–water partition coefficient (Wildman–Crippen LogP) is 11.8. The van der Waals surface area contributed by atoms with E-state index < -0.39 is 11.2 Å². The van der Waals surface area contributed by atoms with Gasteiger partial charge in [0.1, 0.15) is 11.2 Å². The van der Waals surface area contributed by atoms with Gasteiger partial charge in [-0.3, -0.25) is 0 Å². The van der Waals surface area contributed by atoms with E-state index in [-0.39, 0.29) is 0 Å². The highest BCUT2D eigenvalue weighted by Gasteiger charge is 2.35. The molecular formula is C36H58O2. The first-order valence-corrected chi connectivity index (χ1v) is 16.0. The molecule has 2 nitrogen and oxygen atoms in total. The molecule has 214 valence electrons. The average Bonchev–Trinajstić information content (AvgIpc) is 2.96. The monoisotopic (exact) mass is 522 g/mol. The minimum absolute atomic E-state index is 0.460. The standard InChI is InChI=1S/C36H58O2/c1-5-7-9-11-13-15-17-25-31-35(3,33-27-21-19-22-28-33)37-38-36(4,34-29-23-20-24-30-34)32-26-18-16-14-12-10-8-6-2/h19-24,27-30H,5-18,25-26,31-32H2,1-4H3. The lowest BCUT2D eigenvalue weighted by Gasteiger charge is -2.36. The van der Waals surface area contributed by atoms with Crippen LogP contribution in [-0.4, -0.2) is 0 Å². The van der Waals surface area contributed by atoms with Gasteiger partial charge in [-0.25, -0.2) is 9.78 Å². The average molecular weight is 523 g/mol. The molecule has 0 amide bonds. The van der Waals surface area contributed by atoms with Crippen LogP contribution in [-0.2, 0) is 21.0 Å². The van der Waals surface area contributed by atoms with Crippen molar-refractivity contribution in [1.82, 2.24) is 0 Å². The Balaban J connectivity index is 1.97. The first-order valence-electron chi connectivity index (χ1n) is 16.0. The van der Waals surface area contributed by atoms with Gasteiger partial charge in [-0.05, 0) is 37.8 Å². The van der Waals surface area contributed by atoms with E-state index in [0.717, 1.165) is 25.7 Å². The zero-order valence-corrected chi connectivity index (χ0v) is 25.3. The Kier molecular flexibility index (Phi) is 16.6. The van der Waals surface area contributed by atoms with Gasteiger partial charge in [0.25, 0.3) is 0 Å². The Hall–Kier alpha value is -1.64. The van der Waals surface area contributed by atoms with Gasteiger partial charge in [-0.2, -0.15) is 0 Å². The fourth-order valence-corrected chi connectivity index (χ4v) is 5.43. The Morgan fingerprint density at radius 3 is 1.03 bits per heavy atom. The van der Waals surface area contributed by atoms with Crippen LogP contribution in [0.25, 0.3) is 0 Å². The quantitative estimate of drug-likeness (QED) is 0.0820. The molecule has 2 atom stereocenters. The Morgan fingerprint density at radius 1 is 0.421 bits per heavy atom. The Labute approximate surface area is 235 Å². The van der Waals surface area contributed by atoms with E-state index >= 15 is 0 Å². The zero-order valence-electron chi connectivity index (χ0n) is 25.3. The van der Waals surface area contributed by atoms with Crippen LogP contribution in [0.1, 0.15) is 154 Å². The summed E-state index contributed by atoms with van der Waals surface area (Å²) < 4.78 is 0. The highest BCUT2D eigenvalue weighted by molar-refractivity contribution is 5.23. The van der Waals surface area contributed by atoms with Gasteiger partial charge in [0.15, 0.2) is 0 Å². The maximum absolute atomic E-state index is 6.52. The molecule has 0 bridgehead atoms. The van der Waals surface area contributed by atoms with E-state index in [1.54, 1.807) is 0 Å². The first-order chi connectivity index (χ1) is 18.5. The summed E-state index contributed by atoms with van der Waals surface area (Å²) in [7, 11) is 0. The molecule has 0 spiro atoms. The second-order valence-corrected chi connectivity index (χ2v) is 11.8. The second kappa shape index (κ2) is 19.4. The highest BCUT2D eigenvalue weighted by atomic mass is 17.2. The third-order valence-electron chi connectivity index (χ3n) is 8.19. The summed E-state index contributed by atoms with van der Waals surface area (Å²) >= 11 is 0. The predicted molar refractivity (Wildman–Crippen MR) is 164 cm³/mol. The molecule has 0 fully saturated rings. The maximum Gasteiger partial charge on any atom is 0.126 e. The maximum atomic E-state index is 6.52. The van der Waals surface area contributed by atoms with Gasteiger partial charge in [-0.15, -0.1) is 0 Å². The minimum atomic E-state index is -0.460. The van der Waals surface area contributed by atoms with E-state index in [2.05, 4.69) is 88.4 Å². The zero-order chi connectivity index (χ0) is 27.4. The lowest BCUT2D eigenvalue weighted by molar-refractivity contribution is -0.420. The molecule has 2 rings (SSSR count). The lowest BCUT2D eigenvalue weighted by atomic mass is 9.89. The van der Waals surface area contributed by atoms with Crippen molar-refractivity contribution in [3.8, 4) is 0 Å². The van der Waals surface area contributed by atoms with Crippen molar-refractivity contribution >= 4 is 0 Å². The Morgan fingerprint density at radius 2 is 0.711 bits per heavy atom. The summed E-state index contributed by atoms with van der Waals surface area (Å²) in [5.74, 6) is 0. The molecule has 2 aromatic carbocycles. The largest absolute Gasteiger partial charge is 0.225 e. The molecule has 0 aliphatic carbocycles. The molecule has 0 heterocycles. The van der Waals surface area contributed by atoms with Gasteiger partial charge in [0.05, 0.1) is 0 Å². The molecule has 0 aliphatic heterocycles. The van der Waals surface area contributed by atoms with Crippen molar-refractivity contribution in [2.75, 3.05) is 0 Å². The molecule has 0 saturated carbocycles. The number of hydrogen-bond acceptors (Lipinski definition) is 2. The summed E-state index contributed by atoms with van der Waals surface area (Å²) in [5.41, 5.74) is 1.48. The van der Waals surface area contributed by atoms with Gasteiger partial charge in [0, 0.05) is 0 Å². The third-order valence-corrected chi connectivity index (χ3v) is 8.19. The van der Waals surface area contributed by atoms with Crippen molar-refractivity contribution in [1.29, 1.82) is 0 Å². The molecule has 38 heavy (non-hydrogen) atoms. The molecule has 0 radical (unpaired) electrons. The minimum Gasteiger partial charge on any atom is -0.225 e. The normalized spacial score (nSPS) is 14.7. The summed E-state index contributed by atoms with van der Waals surface area (Å²) in [6.07, 6.45) is 23.0. The third kappa shape index (κ3) is 12.5. The topological polar surface area (TPSA) is 18.5 Å². The summed E-state index contributed by atoms with van der Waals surface area (Å²) in [6.45, 7) is 8.99. The fourth-order valence-electron chi connectivity index (χ4n) is 5.43. The van der Waals surface area contributed by atoms with Crippen molar-refractivity contribution in [3.05, 3.63) is 71.8 Å². The lowest BCUT2D eigenvalue weighted by Crippen LogP contribution is -2.33. The van der Waals surface area contributed by atoms with E-state index in [1.165, 1.54) is 101 Å². The number of hydrogen-bond donors (Lipinski definition) is 0. The van der Waals surface area contributed by atoms with Crippen molar-refractivity contribution in [3.63, 3.8) is 0 Å². The van der Waals surface area contributed by atoms with E-state index in [4.69, 9.17) is 9.78 Å². The molecule has 0 aliphatic rings. The number of unbranched alkanes of at least 4 members (excludes halogenated alkanes) is 14. The molecule has 0 aromatic heterocycles. The number of benzene rings is 2. The summed E-state index contributed by atoms with van der Waals surface area (Å²) in [5, 5.41) is 0. The van der Waals surface area contributed by atoms with Crippen LogP contribution >= 0.6 is 0 Å². The molecule has 2 heteroatoms. The SMILES string of the molecule is CCCCCCCCCCC(C)(OOC(C)(CCCCCCCCCC)c1ccccc1)c1ccccc1. The van der Waals surface area contributed by atoms with Gasteiger partial charge in [0.2, 0.25) is 0 Å². The Bertz CT molecular complexity index is 735.